The van der Waals surface area contributed by atoms with Crippen molar-refractivity contribution in [3.05, 3.63) is 29.2 Å². The van der Waals surface area contributed by atoms with Gasteiger partial charge in [0.1, 0.15) is 4.21 Å². The van der Waals surface area contributed by atoms with Crippen LogP contribution in [0.5, 0.6) is 0 Å². The van der Waals surface area contributed by atoms with Crippen LogP contribution in [0, 0.1) is 5.92 Å². The zero-order valence-electron chi connectivity index (χ0n) is 13.8. The van der Waals surface area contributed by atoms with E-state index in [2.05, 4.69) is 10.1 Å². The van der Waals surface area contributed by atoms with Crippen molar-refractivity contribution in [3.8, 4) is 0 Å². The number of hydrogen-bond donors (Lipinski definition) is 0. The molecule has 2 fully saturated rings. The fraction of sp³-hybridized carbons (Fsp3) is 0.625. The first-order chi connectivity index (χ1) is 12.1. The van der Waals surface area contributed by atoms with Crippen molar-refractivity contribution < 1.29 is 17.7 Å². The summed E-state index contributed by atoms with van der Waals surface area (Å²) in [6.07, 6.45) is 3.88. The summed E-state index contributed by atoms with van der Waals surface area (Å²) in [5.74, 6) is 1.87. The Morgan fingerprint density at radius 2 is 2.24 bits per heavy atom. The van der Waals surface area contributed by atoms with Crippen LogP contribution < -0.4 is 0 Å². The molecule has 0 bridgehead atoms. The Bertz CT molecular complexity index is 799. The lowest BCUT2D eigenvalue weighted by molar-refractivity contribution is 0.125. The minimum atomic E-state index is -3.41. The fourth-order valence-electron chi connectivity index (χ4n) is 2.92. The molecule has 1 saturated heterocycles. The van der Waals surface area contributed by atoms with Gasteiger partial charge < -0.3 is 9.26 Å². The van der Waals surface area contributed by atoms with Crippen LogP contribution in [0.1, 0.15) is 36.9 Å². The predicted octanol–water partition coefficient (Wildman–Crippen LogP) is 2.28. The van der Waals surface area contributed by atoms with Gasteiger partial charge in [-0.15, -0.1) is 11.3 Å². The van der Waals surface area contributed by atoms with E-state index < -0.39 is 10.0 Å². The topological polar surface area (TPSA) is 85.5 Å². The highest BCUT2D eigenvalue weighted by molar-refractivity contribution is 7.91. The smallest absolute Gasteiger partial charge is 0.252 e. The van der Waals surface area contributed by atoms with Gasteiger partial charge in [-0.3, -0.25) is 0 Å². The van der Waals surface area contributed by atoms with Crippen molar-refractivity contribution in [2.24, 2.45) is 5.92 Å². The first kappa shape index (κ1) is 17.1. The molecule has 1 atom stereocenters. The lowest BCUT2D eigenvalue weighted by Gasteiger charge is -2.14. The molecular formula is C16H21N3O4S2. The van der Waals surface area contributed by atoms with E-state index in [1.807, 2.05) is 0 Å². The summed E-state index contributed by atoms with van der Waals surface area (Å²) in [6.45, 7) is 2.29. The molecular weight excluding hydrogens is 362 g/mol. The van der Waals surface area contributed by atoms with Crippen molar-refractivity contribution in [1.29, 1.82) is 0 Å². The van der Waals surface area contributed by atoms with Crippen molar-refractivity contribution in [3.63, 3.8) is 0 Å². The molecule has 1 saturated carbocycles. The number of ether oxygens (including phenoxy) is 1. The van der Waals surface area contributed by atoms with Crippen LogP contribution in [0.25, 0.3) is 0 Å². The molecule has 2 aromatic rings. The average Bonchev–Trinajstić information content (AvgIpc) is 3.09. The second-order valence-electron chi connectivity index (χ2n) is 6.60. The summed E-state index contributed by atoms with van der Waals surface area (Å²) < 4.78 is 38.0. The molecule has 25 heavy (non-hydrogen) atoms. The maximum absolute atomic E-state index is 12.6. The van der Waals surface area contributed by atoms with E-state index in [1.54, 1.807) is 17.5 Å². The van der Waals surface area contributed by atoms with E-state index in [1.165, 1.54) is 28.5 Å². The van der Waals surface area contributed by atoms with E-state index in [0.29, 0.717) is 48.5 Å². The van der Waals surface area contributed by atoms with Gasteiger partial charge >= 0.3 is 0 Å². The van der Waals surface area contributed by atoms with Gasteiger partial charge in [0.25, 0.3) is 10.0 Å². The zero-order valence-corrected chi connectivity index (χ0v) is 15.5. The number of thiophene rings is 1. The minimum absolute atomic E-state index is 0.0385. The van der Waals surface area contributed by atoms with E-state index in [0.717, 1.165) is 12.5 Å². The van der Waals surface area contributed by atoms with Gasteiger partial charge in [-0.2, -0.15) is 9.29 Å². The third kappa shape index (κ3) is 3.94. The molecule has 3 heterocycles. The van der Waals surface area contributed by atoms with Crippen LogP contribution in [0.4, 0.5) is 0 Å². The highest BCUT2D eigenvalue weighted by Gasteiger charge is 2.36. The Balaban J connectivity index is 1.32. The molecule has 9 heteroatoms. The molecule has 2 aliphatic rings. The normalized spacial score (nSPS) is 21.8. The highest BCUT2D eigenvalue weighted by atomic mass is 32.2. The van der Waals surface area contributed by atoms with Gasteiger partial charge in [-0.1, -0.05) is 11.2 Å². The SMILES string of the molecule is O=S(=O)(c1cccs1)N1CCC(c2nc(CCOCC3CC3)no2)C1. The van der Waals surface area contributed by atoms with E-state index in [4.69, 9.17) is 9.26 Å². The van der Waals surface area contributed by atoms with Gasteiger partial charge in [0.2, 0.25) is 5.89 Å². The second kappa shape index (κ2) is 7.14. The van der Waals surface area contributed by atoms with Crippen LogP contribution in [0.2, 0.25) is 0 Å². The first-order valence-corrected chi connectivity index (χ1v) is 10.9. The van der Waals surface area contributed by atoms with Crippen LogP contribution >= 0.6 is 11.3 Å². The molecule has 1 aliphatic heterocycles. The number of aromatic nitrogens is 2. The van der Waals surface area contributed by atoms with Crippen LogP contribution in [-0.4, -0.2) is 49.2 Å². The van der Waals surface area contributed by atoms with Crippen molar-refractivity contribution in [2.75, 3.05) is 26.3 Å². The Morgan fingerprint density at radius 3 is 3.00 bits per heavy atom. The monoisotopic (exact) mass is 383 g/mol. The molecule has 4 rings (SSSR count). The number of rotatable bonds is 8. The number of sulfonamides is 1. The van der Waals surface area contributed by atoms with Crippen molar-refractivity contribution in [1.82, 2.24) is 14.4 Å². The lowest BCUT2D eigenvalue weighted by Crippen LogP contribution is -2.28. The molecule has 2 aromatic heterocycles. The van der Waals surface area contributed by atoms with Crippen LogP contribution in [0.15, 0.2) is 26.2 Å². The molecule has 136 valence electrons. The zero-order chi connectivity index (χ0) is 17.3. The average molecular weight is 383 g/mol. The van der Waals surface area contributed by atoms with Gasteiger partial charge in [0.15, 0.2) is 5.82 Å². The van der Waals surface area contributed by atoms with Gasteiger partial charge in [-0.25, -0.2) is 8.42 Å². The Hall–Kier alpha value is -1.29. The Kier molecular flexibility index (Phi) is 4.90. The summed E-state index contributed by atoms with van der Waals surface area (Å²) in [5, 5.41) is 5.77. The van der Waals surface area contributed by atoms with Crippen LogP contribution in [0.3, 0.4) is 0 Å². The summed E-state index contributed by atoms with van der Waals surface area (Å²) in [7, 11) is -3.41. The molecule has 0 spiro atoms. The number of hydrogen-bond acceptors (Lipinski definition) is 7. The quantitative estimate of drug-likeness (QED) is 0.650. The predicted molar refractivity (Wildman–Crippen MR) is 92.0 cm³/mol. The third-order valence-electron chi connectivity index (χ3n) is 4.59. The summed E-state index contributed by atoms with van der Waals surface area (Å²) in [6, 6.07) is 3.39. The fourth-order valence-corrected chi connectivity index (χ4v) is 5.56. The molecule has 7 nitrogen and oxygen atoms in total. The van der Waals surface area contributed by atoms with Crippen molar-refractivity contribution >= 4 is 21.4 Å². The summed E-state index contributed by atoms with van der Waals surface area (Å²) in [4.78, 5) is 4.43. The van der Waals surface area contributed by atoms with Gasteiger partial charge in [0, 0.05) is 26.1 Å². The third-order valence-corrected chi connectivity index (χ3v) is 7.83. The maximum atomic E-state index is 12.6. The molecule has 0 aromatic carbocycles. The first-order valence-electron chi connectivity index (χ1n) is 8.57. The largest absolute Gasteiger partial charge is 0.381 e. The van der Waals surface area contributed by atoms with Crippen LogP contribution in [-0.2, 0) is 21.2 Å². The van der Waals surface area contributed by atoms with Gasteiger partial charge in [-0.05, 0) is 36.6 Å². The van der Waals surface area contributed by atoms with E-state index >= 15 is 0 Å². The molecule has 1 aliphatic carbocycles. The minimum Gasteiger partial charge on any atom is -0.381 e. The number of nitrogens with zero attached hydrogens (tertiary/aromatic N) is 3. The lowest BCUT2D eigenvalue weighted by atomic mass is 10.1. The summed E-state index contributed by atoms with van der Waals surface area (Å²) in [5.41, 5.74) is 0. The molecule has 0 N–H and O–H groups in total. The maximum Gasteiger partial charge on any atom is 0.252 e. The standard InChI is InChI=1S/C16H21N3O4S2/c20-25(21,15-2-1-9-24-15)19-7-5-13(10-19)16-17-14(18-23-16)6-8-22-11-12-3-4-12/h1-2,9,12-13H,3-8,10-11H2. The van der Waals surface area contributed by atoms with Crippen molar-refractivity contribution in [2.45, 2.75) is 35.8 Å². The summed E-state index contributed by atoms with van der Waals surface area (Å²) >= 11 is 1.24. The Labute approximate surface area is 151 Å². The van der Waals surface area contributed by atoms with E-state index in [-0.39, 0.29) is 5.92 Å². The molecule has 0 radical (unpaired) electrons. The molecule has 1 unspecified atom stereocenters. The van der Waals surface area contributed by atoms with E-state index in [9.17, 15) is 8.42 Å². The van der Waals surface area contributed by atoms with Gasteiger partial charge in [0.05, 0.1) is 12.5 Å². The second-order valence-corrected chi connectivity index (χ2v) is 9.71. The Morgan fingerprint density at radius 1 is 1.36 bits per heavy atom. The molecule has 0 amide bonds. The highest BCUT2D eigenvalue weighted by Crippen LogP contribution is 2.31.